The van der Waals surface area contributed by atoms with Gasteiger partial charge in [0, 0.05) is 31.4 Å². The maximum Gasteiger partial charge on any atom is 0.247 e. The number of rotatable bonds is 6. The summed E-state index contributed by atoms with van der Waals surface area (Å²) in [5, 5.41) is 9.63. The number of nitrogens with zero attached hydrogens (tertiary/aromatic N) is 5. The fourth-order valence-electron chi connectivity index (χ4n) is 3.24. The predicted octanol–water partition coefficient (Wildman–Crippen LogP) is 3.60. The topological polar surface area (TPSA) is 56.0 Å². The first-order valence-corrected chi connectivity index (χ1v) is 9.09. The zero-order valence-electron chi connectivity index (χ0n) is 16.2. The van der Waals surface area contributed by atoms with E-state index in [-0.39, 0.29) is 11.9 Å². The number of amides is 1. The third-order valence-electron chi connectivity index (χ3n) is 4.81. The van der Waals surface area contributed by atoms with E-state index < -0.39 is 0 Å². The lowest BCUT2D eigenvalue weighted by molar-refractivity contribution is -0.134. The van der Waals surface area contributed by atoms with Crippen LogP contribution in [0.3, 0.4) is 0 Å². The molecular weight excluding hydrogens is 338 g/mol. The van der Waals surface area contributed by atoms with E-state index in [1.165, 1.54) is 0 Å². The Bertz CT molecular complexity index is 777. The second-order valence-corrected chi connectivity index (χ2v) is 6.89. The Hall–Kier alpha value is -1.82. The van der Waals surface area contributed by atoms with Gasteiger partial charge >= 0.3 is 0 Å². The second-order valence-electron chi connectivity index (χ2n) is 6.51. The van der Waals surface area contributed by atoms with Gasteiger partial charge in [-0.3, -0.25) is 14.2 Å². The first-order chi connectivity index (χ1) is 11.7. The third kappa shape index (κ3) is 3.59. The fraction of sp³-hybridized carbons (Fsp3) is 0.611. The van der Waals surface area contributed by atoms with Gasteiger partial charge in [-0.2, -0.15) is 10.2 Å². The van der Waals surface area contributed by atoms with Gasteiger partial charge in [-0.05, 0) is 41.0 Å². The van der Waals surface area contributed by atoms with Crippen molar-refractivity contribution in [2.24, 2.45) is 0 Å². The summed E-state index contributed by atoms with van der Waals surface area (Å²) in [6.07, 6.45) is 0.660. The molecule has 0 spiro atoms. The van der Waals surface area contributed by atoms with Crippen molar-refractivity contribution in [3.63, 3.8) is 0 Å². The minimum atomic E-state index is -0.349. The molecule has 25 heavy (non-hydrogen) atoms. The number of aromatic nitrogens is 4. The van der Waals surface area contributed by atoms with Crippen LogP contribution < -0.4 is 0 Å². The number of aryl methyl sites for hydroxylation is 3. The van der Waals surface area contributed by atoms with Crippen molar-refractivity contribution in [3.05, 3.63) is 33.4 Å². The zero-order chi connectivity index (χ0) is 18.9. The number of hydrogen-bond donors (Lipinski definition) is 0. The van der Waals surface area contributed by atoms with Crippen LogP contribution in [0.15, 0.2) is 0 Å². The van der Waals surface area contributed by atoms with Gasteiger partial charge in [-0.15, -0.1) is 0 Å². The van der Waals surface area contributed by atoms with Crippen LogP contribution in [0.1, 0.15) is 54.6 Å². The summed E-state index contributed by atoms with van der Waals surface area (Å²) >= 11 is 6.25. The van der Waals surface area contributed by atoms with Crippen LogP contribution in [-0.4, -0.2) is 37.4 Å². The minimum Gasteiger partial charge on any atom is -0.339 e. The monoisotopic (exact) mass is 365 g/mol. The highest BCUT2D eigenvalue weighted by molar-refractivity contribution is 6.31. The largest absolute Gasteiger partial charge is 0.339 e. The smallest absolute Gasteiger partial charge is 0.247 e. The van der Waals surface area contributed by atoms with Crippen LogP contribution in [0.2, 0.25) is 5.02 Å². The molecule has 1 unspecified atom stereocenters. The molecule has 0 aliphatic rings. The summed E-state index contributed by atoms with van der Waals surface area (Å²) in [4.78, 5) is 14.8. The van der Waals surface area contributed by atoms with Crippen LogP contribution in [0.25, 0.3) is 0 Å². The van der Waals surface area contributed by atoms with Crippen LogP contribution in [0.4, 0.5) is 0 Å². The van der Waals surface area contributed by atoms with Crippen molar-refractivity contribution in [1.82, 2.24) is 24.5 Å². The highest BCUT2D eigenvalue weighted by Gasteiger charge is 2.27. The molecule has 0 saturated carbocycles. The summed E-state index contributed by atoms with van der Waals surface area (Å²) in [6, 6.07) is -0.349. The van der Waals surface area contributed by atoms with E-state index in [0.717, 1.165) is 34.9 Å². The molecule has 2 rings (SSSR count). The molecule has 0 aliphatic carbocycles. The minimum absolute atomic E-state index is 0.0350. The summed E-state index contributed by atoms with van der Waals surface area (Å²) < 4.78 is 3.73. The maximum atomic E-state index is 13.0. The molecule has 1 atom stereocenters. The van der Waals surface area contributed by atoms with Gasteiger partial charge in [0.05, 0.1) is 22.1 Å². The molecule has 0 fully saturated rings. The lowest BCUT2D eigenvalue weighted by Crippen LogP contribution is -2.35. The lowest BCUT2D eigenvalue weighted by atomic mass is 10.1. The molecule has 0 bridgehead atoms. The molecule has 0 aliphatic heterocycles. The van der Waals surface area contributed by atoms with Gasteiger partial charge in [0.15, 0.2) is 0 Å². The summed E-state index contributed by atoms with van der Waals surface area (Å²) in [7, 11) is 1.83. The average molecular weight is 366 g/mol. The highest BCUT2D eigenvalue weighted by atomic mass is 35.5. The summed E-state index contributed by atoms with van der Waals surface area (Å²) in [5.74, 6) is 0.0350. The molecule has 2 aromatic rings. The van der Waals surface area contributed by atoms with E-state index in [0.29, 0.717) is 18.0 Å². The normalized spacial score (nSPS) is 12.5. The molecular formula is C18H28ClN5O. The average Bonchev–Trinajstić information content (AvgIpc) is 3.00. The third-order valence-corrected chi connectivity index (χ3v) is 5.35. The summed E-state index contributed by atoms with van der Waals surface area (Å²) in [5.41, 5.74) is 4.78. The van der Waals surface area contributed by atoms with Gasteiger partial charge < -0.3 is 4.90 Å². The lowest BCUT2D eigenvalue weighted by Gasteiger charge is -2.24. The van der Waals surface area contributed by atoms with Crippen LogP contribution in [0.5, 0.6) is 0 Å². The van der Waals surface area contributed by atoms with Crippen LogP contribution >= 0.6 is 11.6 Å². The Kier molecular flexibility index (Phi) is 5.93. The molecule has 0 aromatic carbocycles. The van der Waals surface area contributed by atoms with Gasteiger partial charge in [0.2, 0.25) is 5.91 Å². The summed E-state index contributed by atoms with van der Waals surface area (Å²) in [6.45, 7) is 13.2. The molecule has 2 heterocycles. The Morgan fingerprint density at radius 2 is 1.76 bits per heavy atom. The van der Waals surface area contributed by atoms with E-state index in [2.05, 4.69) is 24.0 Å². The Labute approximate surface area is 154 Å². The molecule has 7 heteroatoms. The van der Waals surface area contributed by atoms with Crippen molar-refractivity contribution < 1.29 is 4.79 Å². The number of carbonyl (C=O) groups is 1. The van der Waals surface area contributed by atoms with Crippen molar-refractivity contribution in [1.29, 1.82) is 0 Å². The van der Waals surface area contributed by atoms with Crippen LogP contribution in [0, 0.1) is 27.7 Å². The first-order valence-electron chi connectivity index (χ1n) is 8.71. The van der Waals surface area contributed by atoms with Crippen molar-refractivity contribution >= 4 is 17.5 Å². The van der Waals surface area contributed by atoms with Gasteiger partial charge in [0.1, 0.15) is 6.04 Å². The van der Waals surface area contributed by atoms with Crippen molar-refractivity contribution in [2.75, 3.05) is 7.05 Å². The molecule has 138 valence electrons. The first kappa shape index (κ1) is 19.5. The Morgan fingerprint density at radius 1 is 1.12 bits per heavy atom. The van der Waals surface area contributed by atoms with E-state index in [1.54, 1.807) is 9.58 Å². The maximum absolute atomic E-state index is 13.0. The standard InChI is InChI=1S/C18H28ClN5O/c1-8-16(24-14(6)17(19)12(4)21-24)18(25)22(7)10-15-11(3)20-23(9-2)13(15)5/h16H,8-10H2,1-7H3. The number of hydrogen-bond acceptors (Lipinski definition) is 3. The number of carbonyl (C=O) groups excluding carboxylic acids is 1. The van der Waals surface area contributed by atoms with Crippen molar-refractivity contribution in [2.45, 2.75) is 67.1 Å². The van der Waals surface area contributed by atoms with Crippen LogP contribution in [-0.2, 0) is 17.9 Å². The zero-order valence-corrected chi connectivity index (χ0v) is 17.0. The Morgan fingerprint density at radius 3 is 2.20 bits per heavy atom. The van der Waals surface area contributed by atoms with E-state index in [1.807, 2.05) is 39.4 Å². The molecule has 1 amide bonds. The molecule has 6 nitrogen and oxygen atoms in total. The van der Waals surface area contributed by atoms with E-state index >= 15 is 0 Å². The van der Waals surface area contributed by atoms with Gasteiger partial charge in [-0.25, -0.2) is 0 Å². The SMILES string of the molecule is CCC(C(=O)N(C)Cc1c(C)nn(CC)c1C)n1nc(C)c(Cl)c1C. The molecule has 0 radical (unpaired) electrons. The van der Waals surface area contributed by atoms with Crippen molar-refractivity contribution in [3.8, 4) is 0 Å². The molecule has 0 saturated heterocycles. The van der Waals surface area contributed by atoms with Gasteiger partial charge in [0.25, 0.3) is 0 Å². The fourth-order valence-corrected chi connectivity index (χ4v) is 3.36. The molecule has 2 aromatic heterocycles. The molecule has 0 N–H and O–H groups in total. The highest BCUT2D eigenvalue weighted by Crippen LogP contribution is 2.25. The Balaban J connectivity index is 2.26. The van der Waals surface area contributed by atoms with E-state index in [9.17, 15) is 4.79 Å². The number of halogens is 1. The predicted molar refractivity (Wildman–Crippen MR) is 99.9 cm³/mol. The number of likely N-dealkylation sites (N-methyl/N-ethyl adjacent to an activating group) is 1. The quantitative estimate of drug-likeness (QED) is 0.785. The van der Waals surface area contributed by atoms with Gasteiger partial charge in [-0.1, -0.05) is 18.5 Å². The second kappa shape index (κ2) is 7.60. The van der Waals surface area contributed by atoms with E-state index in [4.69, 9.17) is 11.6 Å².